The maximum Gasteiger partial charge on any atom is 0.235 e. The lowest BCUT2D eigenvalue weighted by molar-refractivity contribution is -0.121. The molecule has 0 saturated heterocycles. The number of imidazole rings is 1. The van der Waals surface area contributed by atoms with Gasteiger partial charge in [-0.25, -0.2) is 9.37 Å². The summed E-state index contributed by atoms with van der Waals surface area (Å²) < 4.78 is 15.6. The molecule has 1 saturated carbocycles. The largest absolute Gasteiger partial charge is 0.325 e. The molecule has 0 aliphatic heterocycles. The third-order valence-corrected chi connectivity index (χ3v) is 5.18. The Labute approximate surface area is 151 Å². The fourth-order valence-corrected chi connectivity index (χ4v) is 3.82. The fraction of sp³-hybridized carbons (Fsp3) is 0.238. The summed E-state index contributed by atoms with van der Waals surface area (Å²) in [4.78, 5) is 17.2. The van der Waals surface area contributed by atoms with Gasteiger partial charge in [0.1, 0.15) is 5.82 Å². The van der Waals surface area contributed by atoms with Gasteiger partial charge >= 0.3 is 0 Å². The lowest BCUT2D eigenvalue weighted by Crippen LogP contribution is -2.38. The highest BCUT2D eigenvalue weighted by atomic mass is 19.1. The van der Waals surface area contributed by atoms with E-state index in [1.165, 1.54) is 12.1 Å². The highest BCUT2D eigenvalue weighted by molar-refractivity contribution is 5.99. The van der Waals surface area contributed by atoms with E-state index >= 15 is 0 Å². The monoisotopic (exact) mass is 349 g/mol. The zero-order valence-corrected chi connectivity index (χ0v) is 14.4. The number of anilines is 1. The third kappa shape index (κ3) is 3.01. The molecule has 0 spiro atoms. The molecule has 1 aliphatic carbocycles. The molecule has 2 aromatic carbocycles. The smallest absolute Gasteiger partial charge is 0.235 e. The number of nitrogens with one attached hydrogen (secondary N) is 1. The molecule has 4 nitrogen and oxygen atoms in total. The van der Waals surface area contributed by atoms with E-state index in [-0.39, 0.29) is 11.7 Å². The van der Waals surface area contributed by atoms with Crippen LogP contribution in [-0.2, 0) is 10.2 Å². The Hall–Kier alpha value is -2.95. The van der Waals surface area contributed by atoms with Gasteiger partial charge in [-0.05, 0) is 48.7 Å². The zero-order chi connectivity index (χ0) is 18.0. The van der Waals surface area contributed by atoms with E-state index in [9.17, 15) is 9.18 Å². The van der Waals surface area contributed by atoms with Crippen LogP contribution >= 0.6 is 0 Å². The summed E-state index contributed by atoms with van der Waals surface area (Å²) in [6, 6.07) is 14.1. The molecule has 1 amide bonds. The van der Waals surface area contributed by atoms with Gasteiger partial charge < -0.3 is 9.88 Å². The Morgan fingerprint density at radius 2 is 1.92 bits per heavy atom. The van der Waals surface area contributed by atoms with E-state index in [0.717, 1.165) is 42.6 Å². The number of hydrogen-bond acceptors (Lipinski definition) is 2. The Balaban J connectivity index is 1.63. The molecule has 0 bridgehead atoms. The molecule has 1 aromatic heterocycles. The second-order valence-corrected chi connectivity index (χ2v) is 6.77. The number of rotatable bonds is 4. The van der Waals surface area contributed by atoms with Crippen LogP contribution in [0.5, 0.6) is 0 Å². The van der Waals surface area contributed by atoms with E-state index in [1.807, 2.05) is 41.1 Å². The fourth-order valence-electron chi connectivity index (χ4n) is 3.82. The van der Waals surface area contributed by atoms with Crippen LogP contribution < -0.4 is 5.32 Å². The molecule has 1 heterocycles. The number of carbonyl (C=O) groups excluding carboxylic acids is 1. The molecule has 0 atom stereocenters. The molecule has 0 unspecified atom stereocenters. The average Bonchev–Trinajstić information content (AvgIpc) is 3.35. The highest BCUT2D eigenvalue weighted by Crippen LogP contribution is 2.42. The summed E-state index contributed by atoms with van der Waals surface area (Å²) in [5, 5.41) is 3.05. The maximum absolute atomic E-state index is 13.8. The standard InChI is InChI=1S/C21H20FN3O/c22-17-6-3-5-16(13-17)21(9-1-2-10-21)20(26)24-18-7-4-8-19(14-18)25-12-11-23-15-25/h3-8,11-15H,1-2,9-10H2,(H,24,26). The van der Waals surface area contributed by atoms with Gasteiger partial charge in [0.25, 0.3) is 0 Å². The van der Waals surface area contributed by atoms with Gasteiger partial charge in [-0.2, -0.15) is 0 Å². The molecular formula is C21H20FN3O. The molecule has 1 N–H and O–H groups in total. The van der Waals surface area contributed by atoms with Crippen LogP contribution in [0.25, 0.3) is 5.69 Å². The van der Waals surface area contributed by atoms with Crippen LogP contribution in [0.4, 0.5) is 10.1 Å². The van der Waals surface area contributed by atoms with Gasteiger partial charge in [0, 0.05) is 23.8 Å². The quantitative estimate of drug-likeness (QED) is 0.756. The van der Waals surface area contributed by atoms with Crippen LogP contribution in [-0.4, -0.2) is 15.5 Å². The van der Waals surface area contributed by atoms with Crippen molar-refractivity contribution < 1.29 is 9.18 Å². The Bertz CT molecular complexity index is 915. The molecular weight excluding hydrogens is 329 g/mol. The van der Waals surface area contributed by atoms with Crippen molar-refractivity contribution in [2.45, 2.75) is 31.1 Å². The summed E-state index contributed by atoms with van der Waals surface area (Å²) in [6.45, 7) is 0. The van der Waals surface area contributed by atoms with Gasteiger partial charge in [0.05, 0.1) is 11.7 Å². The van der Waals surface area contributed by atoms with Crippen molar-refractivity contribution in [2.75, 3.05) is 5.32 Å². The highest BCUT2D eigenvalue weighted by Gasteiger charge is 2.42. The van der Waals surface area contributed by atoms with E-state index < -0.39 is 5.41 Å². The summed E-state index contributed by atoms with van der Waals surface area (Å²) >= 11 is 0. The van der Waals surface area contributed by atoms with Crippen molar-refractivity contribution in [1.29, 1.82) is 0 Å². The predicted octanol–water partition coefficient (Wildman–Crippen LogP) is 4.46. The van der Waals surface area contributed by atoms with Crippen LogP contribution in [0, 0.1) is 5.82 Å². The molecule has 26 heavy (non-hydrogen) atoms. The number of amides is 1. The van der Waals surface area contributed by atoms with Crippen molar-refractivity contribution in [1.82, 2.24) is 9.55 Å². The van der Waals surface area contributed by atoms with Crippen LogP contribution in [0.15, 0.2) is 67.3 Å². The molecule has 1 fully saturated rings. The molecule has 4 rings (SSSR count). The Morgan fingerprint density at radius 1 is 1.12 bits per heavy atom. The van der Waals surface area contributed by atoms with Gasteiger partial charge in [0.15, 0.2) is 0 Å². The number of halogens is 1. The van der Waals surface area contributed by atoms with E-state index in [1.54, 1.807) is 18.6 Å². The minimum atomic E-state index is -0.660. The van der Waals surface area contributed by atoms with Gasteiger partial charge in [0.2, 0.25) is 5.91 Å². The van der Waals surface area contributed by atoms with Gasteiger partial charge in [-0.15, -0.1) is 0 Å². The Kier molecular flexibility index (Phi) is 4.29. The van der Waals surface area contributed by atoms with Crippen molar-refractivity contribution in [3.63, 3.8) is 0 Å². The van der Waals surface area contributed by atoms with Crippen molar-refractivity contribution in [2.24, 2.45) is 0 Å². The lowest BCUT2D eigenvalue weighted by Gasteiger charge is -2.28. The lowest BCUT2D eigenvalue weighted by atomic mass is 9.78. The second kappa shape index (κ2) is 6.75. The van der Waals surface area contributed by atoms with Gasteiger partial charge in [-0.3, -0.25) is 4.79 Å². The second-order valence-electron chi connectivity index (χ2n) is 6.77. The van der Waals surface area contributed by atoms with E-state index in [0.29, 0.717) is 0 Å². The first-order chi connectivity index (χ1) is 12.7. The molecule has 0 radical (unpaired) electrons. The topological polar surface area (TPSA) is 46.9 Å². The molecule has 1 aliphatic rings. The third-order valence-electron chi connectivity index (χ3n) is 5.18. The molecule has 5 heteroatoms. The number of benzene rings is 2. The normalized spacial score (nSPS) is 15.7. The van der Waals surface area contributed by atoms with Crippen LogP contribution in [0.3, 0.4) is 0 Å². The van der Waals surface area contributed by atoms with E-state index in [4.69, 9.17) is 0 Å². The van der Waals surface area contributed by atoms with Gasteiger partial charge in [-0.1, -0.05) is 31.0 Å². The number of nitrogens with zero attached hydrogens (tertiary/aromatic N) is 2. The van der Waals surface area contributed by atoms with E-state index in [2.05, 4.69) is 10.3 Å². The first-order valence-corrected chi connectivity index (χ1v) is 8.83. The van der Waals surface area contributed by atoms with Crippen molar-refractivity contribution in [3.8, 4) is 5.69 Å². The SMILES string of the molecule is O=C(Nc1cccc(-n2ccnc2)c1)C1(c2cccc(F)c2)CCCC1. The minimum absolute atomic E-state index is 0.0663. The Morgan fingerprint density at radius 3 is 2.65 bits per heavy atom. The van der Waals surface area contributed by atoms with Crippen LogP contribution in [0.2, 0.25) is 0 Å². The number of hydrogen-bond donors (Lipinski definition) is 1. The summed E-state index contributed by atoms with van der Waals surface area (Å²) in [5.41, 5.74) is 1.75. The zero-order valence-electron chi connectivity index (χ0n) is 14.4. The molecule has 132 valence electrons. The first-order valence-electron chi connectivity index (χ1n) is 8.83. The van der Waals surface area contributed by atoms with Crippen molar-refractivity contribution in [3.05, 3.63) is 78.6 Å². The summed E-state index contributed by atoms with van der Waals surface area (Å²) in [5.74, 6) is -0.368. The maximum atomic E-state index is 13.8. The minimum Gasteiger partial charge on any atom is -0.325 e. The first kappa shape index (κ1) is 16.5. The van der Waals surface area contributed by atoms with Crippen molar-refractivity contribution >= 4 is 11.6 Å². The number of aromatic nitrogens is 2. The predicted molar refractivity (Wildman–Crippen MR) is 98.7 cm³/mol. The molecule has 3 aromatic rings. The number of carbonyl (C=O) groups is 1. The summed E-state index contributed by atoms with van der Waals surface area (Å²) in [6.07, 6.45) is 8.70. The average molecular weight is 349 g/mol. The summed E-state index contributed by atoms with van der Waals surface area (Å²) in [7, 11) is 0. The van der Waals surface area contributed by atoms with Crippen LogP contribution in [0.1, 0.15) is 31.2 Å².